The summed E-state index contributed by atoms with van der Waals surface area (Å²) in [6, 6.07) is 10.3. The molecule has 1 atom stereocenters. The molecule has 0 aliphatic carbocycles. The van der Waals surface area contributed by atoms with Gasteiger partial charge >= 0.3 is 0 Å². The largest absolute Gasteiger partial charge is 0.392 e. The molecule has 0 amide bonds. The highest BCUT2D eigenvalue weighted by molar-refractivity contribution is 7.99. The first-order valence-electron chi connectivity index (χ1n) is 6.42. The van der Waals surface area contributed by atoms with Crippen molar-refractivity contribution in [2.75, 3.05) is 5.75 Å². The maximum absolute atomic E-state index is 10.1. The summed E-state index contributed by atoms with van der Waals surface area (Å²) in [5.41, 5.74) is 3.34. The van der Waals surface area contributed by atoms with E-state index in [0.717, 1.165) is 11.4 Å². The van der Waals surface area contributed by atoms with E-state index in [9.17, 15) is 5.11 Å². The zero-order chi connectivity index (χ0) is 13.8. The van der Waals surface area contributed by atoms with Crippen LogP contribution in [0.3, 0.4) is 0 Å². The van der Waals surface area contributed by atoms with Crippen LogP contribution < -0.4 is 0 Å². The van der Waals surface area contributed by atoms with Crippen molar-refractivity contribution in [3.05, 3.63) is 47.3 Å². The molecule has 0 aliphatic rings. The molecular formula is C15H20N2OS. The minimum Gasteiger partial charge on any atom is -0.392 e. The molecule has 0 radical (unpaired) electrons. The highest BCUT2D eigenvalue weighted by Crippen LogP contribution is 2.23. The number of aliphatic hydroxyl groups is 1. The first-order valence-corrected chi connectivity index (χ1v) is 7.41. The van der Waals surface area contributed by atoms with Crippen molar-refractivity contribution in [2.45, 2.75) is 31.3 Å². The van der Waals surface area contributed by atoms with E-state index in [-0.39, 0.29) is 6.10 Å². The predicted molar refractivity (Wildman–Crippen MR) is 79.6 cm³/mol. The smallest absolute Gasteiger partial charge is 0.0689 e. The number of hydrogen-bond donors (Lipinski definition) is 1. The molecule has 0 saturated heterocycles. The molecule has 0 aliphatic heterocycles. The number of hydrogen-bond acceptors (Lipinski definition) is 3. The Kier molecular flexibility index (Phi) is 4.66. The Labute approximate surface area is 118 Å². The molecule has 4 heteroatoms. The van der Waals surface area contributed by atoms with Crippen LogP contribution in [0.25, 0.3) is 0 Å². The summed E-state index contributed by atoms with van der Waals surface area (Å²) < 4.78 is 1.84. The Bertz CT molecular complexity index is 551. The van der Waals surface area contributed by atoms with Crippen molar-refractivity contribution in [1.29, 1.82) is 0 Å². The lowest BCUT2D eigenvalue weighted by atomic mass is 10.2. The monoisotopic (exact) mass is 276 g/mol. The lowest BCUT2D eigenvalue weighted by molar-refractivity contribution is 0.197. The maximum Gasteiger partial charge on any atom is 0.0689 e. The molecule has 19 heavy (non-hydrogen) atoms. The fourth-order valence-corrected chi connectivity index (χ4v) is 3.02. The average Bonchev–Trinajstić information content (AvgIpc) is 2.67. The van der Waals surface area contributed by atoms with Crippen LogP contribution in [0.1, 0.15) is 17.0 Å². The van der Waals surface area contributed by atoms with E-state index in [1.165, 1.54) is 10.5 Å². The first-order chi connectivity index (χ1) is 9.06. The van der Waals surface area contributed by atoms with Crippen LogP contribution in [-0.2, 0) is 13.5 Å². The van der Waals surface area contributed by atoms with Crippen LogP contribution in [0.15, 0.2) is 35.2 Å². The van der Waals surface area contributed by atoms with Gasteiger partial charge in [0.05, 0.1) is 11.8 Å². The Morgan fingerprint density at radius 1 is 1.32 bits per heavy atom. The van der Waals surface area contributed by atoms with E-state index in [4.69, 9.17) is 0 Å². The van der Waals surface area contributed by atoms with E-state index in [2.05, 4.69) is 24.2 Å². The molecule has 2 aromatic rings. The average molecular weight is 276 g/mol. The van der Waals surface area contributed by atoms with Gasteiger partial charge in [-0.25, -0.2) is 0 Å². The van der Waals surface area contributed by atoms with Crippen LogP contribution >= 0.6 is 11.8 Å². The van der Waals surface area contributed by atoms with Gasteiger partial charge in [-0.2, -0.15) is 5.10 Å². The fourth-order valence-electron chi connectivity index (χ4n) is 2.06. The van der Waals surface area contributed by atoms with E-state index >= 15 is 0 Å². The van der Waals surface area contributed by atoms with Crippen molar-refractivity contribution in [3.63, 3.8) is 0 Å². The van der Waals surface area contributed by atoms with Gasteiger partial charge in [-0.1, -0.05) is 18.2 Å². The van der Waals surface area contributed by atoms with Gasteiger partial charge in [0.15, 0.2) is 0 Å². The van der Waals surface area contributed by atoms with Crippen molar-refractivity contribution < 1.29 is 5.11 Å². The van der Waals surface area contributed by atoms with Crippen LogP contribution in [0.4, 0.5) is 0 Å². The summed E-state index contributed by atoms with van der Waals surface area (Å²) in [7, 11) is 1.92. The normalized spacial score (nSPS) is 12.6. The highest BCUT2D eigenvalue weighted by Gasteiger charge is 2.10. The third kappa shape index (κ3) is 3.85. The molecule has 102 valence electrons. The zero-order valence-electron chi connectivity index (χ0n) is 11.6. The zero-order valence-corrected chi connectivity index (χ0v) is 12.4. The van der Waals surface area contributed by atoms with Crippen LogP contribution in [-0.4, -0.2) is 26.7 Å². The second-order valence-corrected chi connectivity index (χ2v) is 5.90. The van der Waals surface area contributed by atoms with Gasteiger partial charge in [-0.05, 0) is 31.5 Å². The number of thioether (sulfide) groups is 1. The summed E-state index contributed by atoms with van der Waals surface area (Å²) in [6.07, 6.45) is 0.301. The Morgan fingerprint density at radius 2 is 2.05 bits per heavy atom. The van der Waals surface area contributed by atoms with Crippen molar-refractivity contribution >= 4 is 11.8 Å². The lowest BCUT2D eigenvalue weighted by Crippen LogP contribution is -2.15. The summed E-state index contributed by atoms with van der Waals surface area (Å²) in [5.74, 6) is 0.703. The Balaban J connectivity index is 1.90. The number of aliphatic hydroxyl groups excluding tert-OH is 1. The Hall–Kier alpha value is -1.26. The maximum atomic E-state index is 10.1. The second-order valence-electron chi connectivity index (χ2n) is 4.84. The molecule has 3 nitrogen and oxygen atoms in total. The van der Waals surface area contributed by atoms with Gasteiger partial charge in [-0.3, -0.25) is 4.68 Å². The van der Waals surface area contributed by atoms with Gasteiger partial charge in [0.2, 0.25) is 0 Å². The van der Waals surface area contributed by atoms with Crippen molar-refractivity contribution in [2.24, 2.45) is 7.05 Å². The molecule has 0 saturated carbocycles. The molecule has 0 spiro atoms. The van der Waals surface area contributed by atoms with Crippen LogP contribution in [0, 0.1) is 13.8 Å². The molecule has 1 aromatic heterocycles. The first kappa shape index (κ1) is 14.2. The third-order valence-corrected chi connectivity index (χ3v) is 4.39. The fraction of sp³-hybridized carbons (Fsp3) is 0.400. The number of aromatic nitrogens is 2. The minimum absolute atomic E-state index is 0.348. The number of benzene rings is 1. The van der Waals surface area contributed by atoms with Gasteiger partial charge in [0, 0.05) is 29.8 Å². The predicted octanol–water partition coefficient (Wildman–Crippen LogP) is 2.73. The molecule has 1 N–H and O–H groups in total. The second kappa shape index (κ2) is 6.26. The molecular weight excluding hydrogens is 256 g/mol. The summed E-state index contributed by atoms with van der Waals surface area (Å²) in [5, 5.41) is 14.4. The van der Waals surface area contributed by atoms with E-state index < -0.39 is 0 Å². The SMILES string of the molecule is Cc1cc(CC(O)CSc2ccccc2C)n(C)n1. The van der Waals surface area contributed by atoms with Crippen molar-refractivity contribution in [1.82, 2.24) is 9.78 Å². The van der Waals surface area contributed by atoms with Gasteiger partial charge < -0.3 is 5.11 Å². The van der Waals surface area contributed by atoms with E-state index in [0.29, 0.717) is 12.2 Å². The number of aryl methyl sites for hydroxylation is 3. The molecule has 2 rings (SSSR count). The molecule has 0 fully saturated rings. The molecule has 1 aromatic carbocycles. The van der Waals surface area contributed by atoms with E-state index in [1.807, 2.05) is 36.9 Å². The number of nitrogens with zero attached hydrogens (tertiary/aromatic N) is 2. The van der Waals surface area contributed by atoms with Crippen molar-refractivity contribution in [3.8, 4) is 0 Å². The topological polar surface area (TPSA) is 38.0 Å². The summed E-state index contributed by atoms with van der Waals surface area (Å²) in [6.45, 7) is 4.07. The molecule has 1 unspecified atom stereocenters. The van der Waals surface area contributed by atoms with Crippen LogP contribution in [0.5, 0.6) is 0 Å². The summed E-state index contributed by atoms with van der Waals surface area (Å²) in [4.78, 5) is 1.24. The summed E-state index contributed by atoms with van der Waals surface area (Å²) >= 11 is 1.71. The molecule has 0 bridgehead atoms. The highest BCUT2D eigenvalue weighted by atomic mass is 32.2. The van der Waals surface area contributed by atoms with Crippen LogP contribution in [0.2, 0.25) is 0 Å². The molecule has 1 heterocycles. The van der Waals surface area contributed by atoms with Gasteiger partial charge in [-0.15, -0.1) is 11.8 Å². The lowest BCUT2D eigenvalue weighted by Gasteiger charge is -2.11. The van der Waals surface area contributed by atoms with E-state index in [1.54, 1.807) is 11.8 Å². The Morgan fingerprint density at radius 3 is 2.68 bits per heavy atom. The minimum atomic E-state index is -0.348. The number of rotatable bonds is 5. The van der Waals surface area contributed by atoms with Gasteiger partial charge in [0.1, 0.15) is 0 Å². The quantitative estimate of drug-likeness (QED) is 0.853. The van der Waals surface area contributed by atoms with Gasteiger partial charge in [0.25, 0.3) is 0 Å². The standard InChI is InChI=1S/C15H20N2OS/c1-11-6-4-5-7-15(11)19-10-14(18)9-13-8-12(2)16-17(13)3/h4-8,14,18H,9-10H2,1-3H3. The third-order valence-electron chi connectivity index (χ3n) is 3.07.